The van der Waals surface area contributed by atoms with Crippen LogP contribution in [0.3, 0.4) is 0 Å². The van der Waals surface area contributed by atoms with Crippen molar-refractivity contribution >= 4 is 41.0 Å². The van der Waals surface area contributed by atoms with Gasteiger partial charge in [-0.1, -0.05) is 47.6 Å². The highest BCUT2D eigenvalue weighted by Gasteiger charge is 2.27. The second-order valence-corrected chi connectivity index (χ2v) is 9.13. The third-order valence-corrected chi connectivity index (χ3v) is 6.48. The number of nitrogens with one attached hydrogen (secondary N) is 2. The Kier molecular flexibility index (Phi) is 7.31. The fourth-order valence-electron chi connectivity index (χ4n) is 3.45. The van der Waals surface area contributed by atoms with E-state index in [1.165, 1.54) is 11.8 Å². The Bertz CT molecular complexity index is 1300. The number of nitriles is 1. The van der Waals surface area contributed by atoms with Gasteiger partial charge in [0.1, 0.15) is 6.61 Å². The first-order valence-corrected chi connectivity index (χ1v) is 11.7. The van der Waals surface area contributed by atoms with Gasteiger partial charge in [-0.3, -0.25) is 4.79 Å². The summed E-state index contributed by atoms with van der Waals surface area (Å²) in [5.74, 6) is 0.943. The molecule has 4 rings (SSSR count). The number of benzene rings is 3. The van der Waals surface area contributed by atoms with Crippen LogP contribution in [0, 0.1) is 18.3 Å². The fourth-order valence-corrected chi connectivity index (χ4v) is 4.65. The Morgan fingerprint density at radius 2 is 2.00 bits per heavy atom. The molecule has 0 spiro atoms. The monoisotopic (exact) mass is 491 g/mol. The Balaban J connectivity index is 1.46. The number of aryl methyl sites for hydroxylation is 1. The summed E-state index contributed by atoms with van der Waals surface area (Å²) in [5, 5.41) is 16.2. The lowest BCUT2D eigenvalue weighted by atomic mass is 10.1. The molecule has 6 nitrogen and oxygen atoms in total. The molecule has 1 atom stereocenters. The molecule has 8 heteroatoms. The van der Waals surface area contributed by atoms with E-state index >= 15 is 0 Å². The molecule has 1 fully saturated rings. The van der Waals surface area contributed by atoms with Crippen molar-refractivity contribution < 1.29 is 14.3 Å². The number of nitrogens with zero attached hydrogens (tertiary/aromatic N) is 1. The summed E-state index contributed by atoms with van der Waals surface area (Å²) in [4.78, 5) is 13.1. The highest BCUT2D eigenvalue weighted by Crippen LogP contribution is 2.34. The van der Waals surface area contributed by atoms with Crippen LogP contribution in [-0.2, 0) is 11.4 Å². The van der Waals surface area contributed by atoms with E-state index in [0.29, 0.717) is 27.0 Å². The zero-order valence-corrected chi connectivity index (χ0v) is 20.2. The van der Waals surface area contributed by atoms with Gasteiger partial charge >= 0.3 is 0 Å². The first-order chi connectivity index (χ1) is 16.5. The third kappa shape index (κ3) is 5.48. The van der Waals surface area contributed by atoms with Crippen molar-refractivity contribution in [2.75, 3.05) is 12.4 Å². The summed E-state index contributed by atoms with van der Waals surface area (Å²) in [6.07, 6.45) is 1.81. The predicted molar refractivity (Wildman–Crippen MR) is 136 cm³/mol. The number of ether oxygens (including phenoxy) is 2. The van der Waals surface area contributed by atoms with Crippen LogP contribution in [0.25, 0.3) is 6.08 Å². The van der Waals surface area contributed by atoms with Gasteiger partial charge in [-0.2, -0.15) is 5.26 Å². The molecule has 3 aromatic rings. The number of methoxy groups -OCH3 is 1. The molecule has 1 aliphatic heterocycles. The smallest absolute Gasteiger partial charge is 0.260 e. The van der Waals surface area contributed by atoms with Crippen LogP contribution in [0.1, 0.15) is 22.3 Å². The lowest BCUT2D eigenvalue weighted by Gasteiger charge is -2.15. The quantitative estimate of drug-likeness (QED) is 0.412. The van der Waals surface area contributed by atoms with Crippen molar-refractivity contribution in [2.45, 2.75) is 19.0 Å². The van der Waals surface area contributed by atoms with Crippen molar-refractivity contribution in [2.24, 2.45) is 0 Å². The van der Waals surface area contributed by atoms with Crippen molar-refractivity contribution in [3.05, 3.63) is 92.8 Å². The fraction of sp³-hybridized carbons (Fsp3) is 0.154. The lowest BCUT2D eigenvalue weighted by Crippen LogP contribution is -2.31. The van der Waals surface area contributed by atoms with Gasteiger partial charge in [0.2, 0.25) is 0 Å². The van der Waals surface area contributed by atoms with E-state index < -0.39 is 0 Å². The van der Waals surface area contributed by atoms with Crippen LogP contribution in [0.15, 0.2) is 65.6 Å². The molecule has 1 amide bonds. The zero-order chi connectivity index (χ0) is 24.1. The minimum atomic E-state index is -0.289. The number of anilines is 1. The molecular formula is C26H22ClN3O3S. The van der Waals surface area contributed by atoms with Gasteiger partial charge in [-0.05, 0) is 60.5 Å². The molecule has 2 N–H and O–H groups in total. The number of carbonyl (C=O) groups is 1. The topological polar surface area (TPSA) is 83.4 Å². The molecular weight excluding hydrogens is 470 g/mol. The average Bonchev–Trinajstić information content (AvgIpc) is 3.18. The van der Waals surface area contributed by atoms with Gasteiger partial charge in [0.25, 0.3) is 5.91 Å². The first kappa shape index (κ1) is 23.6. The molecule has 0 aliphatic carbocycles. The number of rotatable bonds is 7. The number of thioether (sulfide) groups is 1. The SMILES string of the molecule is COc1cc(/C=C2\SC(Nc3ccc(Cl)cc3C)NC2=O)ccc1OCc1ccccc1C#N. The van der Waals surface area contributed by atoms with E-state index in [4.69, 9.17) is 21.1 Å². The van der Waals surface area contributed by atoms with Gasteiger partial charge in [0, 0.05) is 16.3 Å². The van der Waals surface area contributed by atoms with Crippen molar-refractivity contribution in [1.82, 2.24) is 5.32 Å². The third-order valence-electron chi connectivity index (χ3n) is 5.21. The summed E-state index contributed by atoms with van der Waals surface area (Å²) >= 11 is 7.43. The number of carbonyl (C=O) groups excluding carboxylic acids is 1. The second kappa shape index (κ2) is 10.6. The molecule has 0 saturated carbocycles. The van der Waals surface area contributed by atoms with Crippen molar-refractivity contribution in [1.29, 1.82) is 5.26 Å². The summed E-state index contributed by atoms with van der Waals surface area (Å²) in [6.45, 7) is 2.21. The summed E-state index contributed by atoms with van der Waals surface area (Å²) < 4.78 is 11.4. The maximum Gasteiger partial charge on any atom is 0.260 e. The Morgan fingerprint density at radius 3 is 2.76 bits per heavy atom. The van der Waals surface area contributed by atoms with E-state index in [9.17, 15) is 10.1 Å². The minimum Gasteiger partial charge on any atom is -0.493 e. The Morgan fingerprint density at radius 1 is 1.18 bits per heavy atom. The van der Waals surface area contributed by atoms with Crippen LogP contribution in [0.4, 0.5) is 5.69 Å². The van der Waals surface area contributed by atoms with E-state index in [1.54, 1.807) is 19.2 Å². The summed E-state index contributed by atoms with van der Waals surface area (Å²) in [7, 11) is 1.56. The largest absolute Gasteiger partial charge is 0.493 e. The number of halogens is 1. The van der Waals surface area contributed by atoms with Gasteiger partial charge in [0.15, 0.2) is 17.0 Å². The Hall–Kier alpha value is -3.60. The van der Waals surface area contributed by atoms with Crippen LogP contribution in [0.2, 0.25) is 5.02 Å². The standard InChI is InChI=1S/C26H22ClN3O3S/c1-16-11-20(27)8-9-21(16)29-26-30-25(31)24(34-26)13-17-7-10-22(23(12-17)32-2)33-15-19-6-4-3-5-18(19)14-28/h3-13,26,29H,15H2,1-2H3,(H,30,31)/b24-13-. The molecule has 1 aliphatic rings. The second-order valence-electron chi connectivity index (χ2n) is 7.55. The van der Waals surface area contributed by atoms with E-state index in [-0.39, 0.29) is 18.0 Å². The molecule has 1 unspecified atom stereocenters. The Labute approximate surface area is 207 Å². The number of amides is 1. The van der Waals surface area contributed by atoms with Gasteiger partial charge < -0.3 is 20.1 Å². The molecule has 34 heavy (non-hydrogen) atoms. The van der Waals surface area contributed by atoms with Crippen LogP contribution >= 0.6 is 23.4 Å². The zero-order valence-electron chi connectivity index (χ0n) is 18.6. The van der Waals surface area contributed by atoms with Crippen molar-refractivity contribution in [3.63, 3.8) is 0 Å². The maximum absolute atomic E-state index is 12.5. The minimum absolute atomic E-state index is 0.151. The molecule has 172 valence electrons. The van der Waals surface area contributed by atoms with E-state index in [0.717, 1.165) is 22.4 Å². The molecule has 0 aromatic heterocycles. The highest BCUT2D eigenvalue weighted by atomic mass is 35.5. The average molecular weight is 492 g/mol. The highest BCUT2D eigenvalue weighted by molar-refractivity contribution is 8.05. The molecule has 3 aromatic carbocycles. The van der Waals surface area contributed by atoms with Crippen LogP contribution in [0.5, 0.6) is 11.5 Å². The van der Waals surface area contributed by atoms with Gasteiger partial charge in [-0.25, -0.2) is 0 Å². The van der Waals surface area contributed by atoms with Gasteiger partial charge in [0.05, 0.1) is 23.6 Å². The molecule has 1 saturated heterocycles. The van der Waals surface area contributed by atoms with Crippen LogP contribution in [-0.4, -0.2) is 18.5 Å². The van der Waals surface area contributed by atoms with E-state index in [2.05, 4.69) is 16.7 Å². The summed E-state index contributed by atoms with van der Waals surface area (Å²) in [6, 6.07) is 20.5. The molecule has 0 radical (unpaired) electrons. The summed E-state index contributed by atoms with van der Waals surface area (Å²) in [5.41, 5.74) is 3.80. The first-order valence-electron chi connectivity index (χ1n) is 10.5. The van der Waals surface area contributed by atoms with Gasteiger partial charge in [-0.15, -0.1) is 0 Å². The number of hydrogen-bond acceptors (Lipinski definition) is 6. The van der Waals surface area contributed by atoms with Crippen molar-refractivity contribution in [3.8, 4) is 17.6 Å². The molecule has 1 heterocycles. The molecule has 0 bridgehead atoms. The maximum atomic E-state index is 12.5. The normalized spacial score (nSPS) is 16.1. The number of hydrogen-bond donors (Lipinski definition) is 2. The lowest BCUT2D eigenvalue weighted by molar-refractivity contribution is -0.116. The predicted octanol–water partition coefficient (Wildman–Crippen LogP) is 5.71. The van der Waals surface area contributed by atoms with Crippen LogP contribution < -0.4 is 20.1 Å². The van der Waals surface area contributed by atoms with E-state index in [1.807, 2.05) is 61.5 Å².